The number of aromatic nitrogens is 1. The highest BCUT2D eigenvalue weighted by Gasteiger charge is 2.33. The lowest BCUT2D eigenvalue weighted by Gasteiger charge is -2.41. The molecule has 2 aliphatic rings. The van der Waals surface area contributed by atoms with Crippen LogP contribution in [0.1, 0.15) is 69.0 Å². The van der Waals surface area contributed by atoms with Gasteiger partial charge in [-0.2, -0.15) is 5.26 Å². The van der Waals surface area contributed by atoms with Crippen molar-refractivity contribution in [3.8, 4) is 11.8 Å². The zero-order valence-corrected chi connectivity index (χ0v) is 25.5. The number of piperidine rings is 2. The van der Waals surface area contributed by atoms with Gasteiger partial charge in [0, 0.05) is 56.4 Å². The lowest BCUT2D eigenvalue weighted by Crippen LogP contribution is -2.54. The fourth-order valence-corrected chi connectivity index (χ4v) is 6.42. The molecule has 3 atom stereocenters. The predicted molar refractivity (Wildman–Crippen MR) is 166 cm³/mol. The first kappa shape index (κ1) is 30.9. The van der Waals surface area contributed by atoms with E-state index in [2.05, 4.69) is 35.1 Å². The zero-order chi connectivity index (χ0) is 31.2. The SMILES string of the molecule is COc1ccc(C(=O)C2CCN(C(=O)c3ccc(C(=O)NC4C(C)CN(Cc5ccc(C#N)cc5)C[C@H]4C)cn3)CC2)cc1. The Hall–Kier alpha value is -4.55. The maximum atomic E-state index is 13.1. The second-order valence-corrected chi connectivity index (χ2v) is 12.0. The standard InChI is InChI=1S/C35H39N5O4/c1-23-20-39(22-26-6-4-25(18-36)5-7-26)21-24(2)32(23)38-34(42)29-10-13-31(37-19-29)35(43)40-16-14-28(15-17-40)33(41)27-8-11-30(44-3)12-9-27/h4-13,19,23-24,28,32H,14-17,20-22H2,1-3H3,(H,38,42)/t23-,24?,32?/m1/s1. The first-order chi connectivity index (χ1) is 21.2. The number of ether oxygens (including phenoxy) is 1. The minimum absolute atomic E-state index is 0.0166. The number of likely N-dealkylation sites (tertiary alicyclic amines) is 2. The zero-order valence-electron chi connectivity index (χ0n) is 25.5. The first-order valence-electron chi connectivity index (χ1n) is 15.2. The van der Waals surface area contributed by atoms with Gasteiger partial charge < -0.3 is 15.0 Å². The summed E-state index contributed by atoms with van der Waals surface area (Å²) in [6.45, 7) is 7.77. The van der Waals surface area contributed by atoms with Crippen molar-refractivity contribution in [2.75, 3.05) is 33.3 Å². The minimum Gasteiger partial charge on any atom is -0.497 e. The molecule has 2 aromatic carbocycles. The van der Waals surface area contributed by atoms with Crippen LogP contribution in [0.25, 0.3) is 0 Å². The second-order valence-electron chi connectivity index (χ2n) is 12.0. The summed E-state index contributed by atoms with van der Waals surface area (Å²) in [5.74, 6) is 0.777. The van der Waals surface area contributed by atoms with E-state index in [1.54, 1.807) is 48.4 Å². The number of Topliss-reactive ketones (excluding diaryl/α,β-unsaturated/α-hetero) is 1. The Balaban J connectivity index is 1.11. The van der Waals surface area contributed by atoms with Gasteiger partial charge in [0.1, 0.15) is 11.4 Å². The van der Waals surface area contributed by atoms with Gasteiger partial charge in [0.25, 0.3) is 11.8 Å². The Morgan fingerprint density at radius 1 is 0.932 bits per heavy atom. The quantitative estimate of drug-likeness (QED) is 0.380. The molecule has 1 aromatic heterocycles. The Labute approximate surface area is 258 Å². The largest absolute Gasteiger partial charge is 0.497 e. The minimum atomic E-state index is -0.196. The number of amides is 2. The van der Waals surface area contributed by atoms with Crippen LogP contribution < -0.4 is 10.1 Å². The number of carbonyl (C=O) groups is 3. The van der Waals surface area contributed by atoms with Crippen LogP contribution in [-0.4, -0.2) is 71.7 Å². The third kappa shape index (κ3) is 7.14. The normalized spacial score (nSPS) is 20.9. The molecule has 0 radical (unpaired) electrons. The molecule has 3 heterocycles. The fourth-order valence-electron chi connectivity index (χ4n) is 6.42. The molecule has 2 aliphatic heterocycles. The molecule has 2 amide bonds. The van der Waals surface area contributed by atoms with Gasteiger partial charge in [-0.25, -0.2) is 0 Å². The number of pyridine rings is 1. The number of nitrogens with one attached hydrogen (secondary N) is 1. The molecule has 2 saturated heterocycles. The number of rotatable bonds is 8. The van der Waals surface area contributed by atoms with E-state index in [0.717, 1.165) is 25.2 Å². The Kier molecular flexibility index (Phi) is 9.71. The van der Waals surface area contributed by atoms with Gasteiger partial charge in [-0.05, 0) is 78.8 Å². The van der Waals surface area contributed by atoms with E-state index in [1.807, 2.05) is 24.3 Å². The van der Waals surface area contributed by atoms with E-state index in [-0.39, 0.29) is 41.4 Å². The number of hydrogen-bond donors (Lipinski definition) is 1. The molecular formula is C35H39N5O4. The molecule has 0 bridgehead atoms. The summed E-state index contributed by atoms with van der Waals surface area (Å²) in [5, 5.41) is 12.2. The fraction of sp³-hybridized carbons (Fsp3) is 0.400. The van der Waals surface area contributed by atoms with Crippen LogP contribution in [0.4, 0.5) is 0 Å². The smallest absolute Gasteiger partial charge is 0.272 e. The molecule has 9 nitrogen and oxygen atoms in total. The van der Waals surface area contributed by atoms with Crippen molar-refractivity contribution in [3.05, 3.63) is 94.8 Å². The number of hydrogen-bond acceptors (Lipinski definition) is 7. The molecule has 9 heteroatoms. The van der Waals surface area contributed by atoms with E-state index in [0.29, 0.717) is 54.1 Å². The van der Waals surface area contributed by atoms with Crippen molar-refractivity contribution in [3.63, 3.8) is 0 Å². The predicted octanol–water partition coefficient (Wildman–Crippen LogP) is 4.58. The maximum absolute atomic E-state index is 13.1. The molecule has 0 spiro atoms. The lowest BCUT2D eigenvalue weighted by molar-refractivity contribution is 0.0645. The van der Waals surface area contributed by atoms with E-state index < -0.39 is 0 Å². The summed E-state index contributed by atoms with van der Waals surface area (Å²) in [4.78, 5) is 47.7. The van der Waals surface area contributed by atoms with Gasteiger partial charge in [-0.3, -0.25) is 24.3 Å². The molecule has 228 valence electrons. The summed E-state index contributed by atoms with van der Waals surface area (Å²) in [6, 6.07) is 20.3. The van der Waals surface area contributed by atoms with E-state index in [4.69, 9.17) is 10.00 Å². The molecule has 5 rings (SSSR count). The summed E-state index contributed by atoms with van der Waals surface area (Å²) in [7, 11) is 1.59. The summed E-state index contributed by atoms with van der Waals surface area (Å²) < 4.78 is 5.17. The van der Waals surface area contributed by atoms with Crippen LogP contribution in [0.2, 0.25) is 0 Å². The van der Waals surface area contributed by atoms with Crippen molar-refractivity contribution in [1.82, 2.24) is 20.1 Å². The first-order valence-corrected chi connectivity index (χ1v) is 15.2. The molecular weight excluding hydrogens is 554 g/mol. The van der Waals surface area contributed by atoms with Gasteiger partial charge >= 0.3 is 0 Å². The van der Waals surface area contributed by atoms with Crippen molar-refractivity contribution in [2.24, 2.45) is 17.8 Å². The Bertz CT molecular complexity index is 1490. The molecule has 0 aliphatic carbocycles. The van der Waals surface area contributed by atoms with Crippen LogP contribution in [0.3, 0.4) is 0 Å². The van der Waals surface area contributed by atoms with Crippen LogP contribution in [0.15, 0.2) is 66.9 Å². The van der Waals surface area contributed by atoms with Gasteiger partial charge in [0.15, 0.2) is 5.78 Å². The summed E-state index contributed by atoms with van der Waals surface area (Å²) >= 11 is 0. The average molecular weight is 594 g/mol. The summed E-state index contributed by atoms with van der Waals surface area (Å²) in [6.07, 6.45) is 2.66. The number of nitriles is 1. The Morgan fingerprint density at radius 2 is 1.57 bits per heavy atom. The van der Waals surface area contributed by atoms with Crippen molar-refractivity contribution < 1.29 is 19.1 Å². The third-order valence-corrected chi connectivity index (χ3v) is 8.88. The highest BCUT2D eigenvalue weighted by molar-refractivity contribution is 5.99. The van der Waals surface area contributed by atoms with Gasteiger partial charge in [-0.15, -0.1) is 0 Å². The average Bonchev–Trinajstić information content (AvgIpc) is 3.06. The van der Waals surface area contributed by atoms with Gasteiger partial charge in [-0.1, -0.05) is 26.0 Å². The molecule has 3 aromatic rings. The van der Waals surface area contributed by atoms with E-state index in [9.17, 15) is 14.4 Å². The van der Waals surface area contributed by atoms with Crippen molar-refractivity contribution in [2.45, 2.75) is 39.3 Å². The summed E-state index contributed by atoms with van der Waals surface area (Å²) in [5.41, 5.74) is 3.19. The number of benzene rings is 2. The van der Waals surface area contributed by atoms with Gasteiger partial charge in [0.05, 0.1) is 24.3 Å². The molecule has 2 fully saturated rings. The second kappa shape index (κ2) is 13.8. The highest BCUT2D eigenvalue weighted by Crippen LogP contribution is 2.26. The van der Waals surface area contributed by atoms with Crippen LogP contribution in [0, 0.1) is 29.1 Å². The number of nitrogens with zero attached hydrogens (tertiary/aromatic N) is 4. The molecule has 0 saturated carbocycles. The van der Waals surface area contributed by atoms with Crippen LogP contribution >= 0.6 is 0 Å². The number of carbonyl (C=O) groups excluding carboxylic acids is 3. The third-order valence-electron chi connectivity index (χ3n) is 8.88. The molecule has 1 N–H and O–H groups in total. The lowest BCUT2D eigenvalue weighted by atomic mass is 9.85. The number of ketones is 1. The van der Waals surface area contributed by atoms with E-state index in [1.165, 1.54) is 6.20 Å². The number of methoxy groups -OCH3 is 1. The Morgan fingerprint density at radius 3 is 2.14 bits per heavy atom. The molecule has 44 heavy (non-hydrogen) atoms. The highest BCUT2D eigenvalue weighted by atomic mass is 16.5. The topological polar surface area (TPSA) is 116 Å². The van der Waals surface area contributed by atoms with Gasteiger partial charge in [0.2, 0.25) is 0 Å². The maximum Gasteiger partial charge on any atom is 0.272 e. The molecule has 2 unspecified atom stereocenters. The van der Waals surface area contributed by atoms with Crippen molar-refractivity contribution in [1.29, 1.82) is 5.26 Å². The van der Waals surface area contributed by atoms with E-state index >= 15 is 0 Å². The van der Waals surface area contributed by atoms with Crippen LogP contribution in [-0.2, 0) is 6.54 Å². The monoisotopic (exact) mass is 593 g/mol. The van der Waals surface area contributed by atoms with Crippen LogP contribution in [0.5, 0.6) is 5.75 Å². The van der Waals surface area contributed by atoms with Crippen molar-refractivity contribution >= 4 is 17.6 Å².